The van der Waals surface area contributed by atoms with E-state index in [1.54, 1.807) is 24.3 Å². The van der Waals surface area contributed by atoms with Crippen LogP contribution in [0, 0.1) is 0 Å². The van der Waals surface area contributed by atoms with E-state index in [2.05, 4.69) is 0 Å². The summed E-state index contributed by atoms with van der Waals surface area (Å²) in [5, 5.41) is 0.698. The Bertz CT molecular complexity index is 207. The van der Waals surface area contributed by atoms with Crippen LogP contribution in [0.4, 0.5) is 0 Å². The zero-order valence-corrected chi connectivity index (χ0v) is 7.85. The van der Waals surface area contributed by atoms with E-state index in [-0.39, 0.29) is 0 Å². The van der Waals surface area contributed by atoms with E-state index in [4.69, 9.17) is 11.6 Å². The fourth-order valence-corrected chi connectivity index (χ4v) is 1.40. The Kier molecular flexibility index (Phi) is 2.44. The second-order valence-electron chi connectivity index (χ2n) is 1.67. The van der Waals surface area contributed by atoms with Crippen LogP contribution in [0.15, 0.2) is 24.3 Å². The van der Waals surface area contributed by atoms with Crippen molar-refractivity contribution in [3.05, 3.63) is 29.3 Å². The Morgan fingerprint density at radius 3 is 2.22 bits per heavy atom. The fourth-order valence-electron chi connectivity index (χ4n) is 0.541. The summed E-state index contributed by atoms with van der Waals surface area (Å²) in [6.45, 7) is 0. The van der Waals surface area contributed by atoms with Crippen LogP contribution >= 0.6 is 11.6 Å². The van der Waals surface area contributed by atoms with Crippen molar-refractivity contribution in [3.63, 3.8) is 0 Å². The summed E-state index contributed by atoms with van der Waals surface area (Å²) in [4.78, 5) is 0. The van der Waals surface area contributed by atoms with Crippen LogP contribution in [0.5, 0.6) is 0 Å². The van der Waals surface area contributed by atoms with Crippen molar-refractivity contribution in [2.45, 2.75) is 0 Å². The van der Waals surface area contributed by atoms with Crippen molar-refractivity contribution in [2.75, 3.05) is 0 Å². The summed E-state index contributed by atoms with van der Waals surface area (Å²) in [6, 6.07) is 7.11. The molecular formula is C6H6AsClO. The average Bonchev–Trinajstić information content (AvgIpc) is 1.90. The van der Waals surface area contributed by atoms with Crippen molar-refractivity contribution >= 4 is 31.6 Å². The Morgan fingerprint density at radius 2 is 1.78 bits per heavy atom. The molecule has 1 rings (SSSR count). The molecule has 0 amide bonds. The van der Waals surface area contributed by atoms with E-state index in [0.717, 1.165) is 4.35 Å². The van der Waals surface area contributed by atoms with Gasteiger partial charge in [0.2, 0.25) is 0 Å². The van der Waals surface area contributed by atoms with Gasteiger partial charge in [-0.15, -0.1) is 0 Å². The van der Waals surface area contributed by atoms with Crippen LogP contribution in [-0.4, -0.2) is 15.7 Å². The molecule has 1 atom stereocenters. The molecule has 1 aromatic carbocycles. The summed E-state index contributed by atoms with van der Waals surface area (Å²) in [5.41, 5.74) is 0. The Balaban J connectivity index is 3.01. The summed E-state index contributed by atoms with van der Waals surface area (Å²) in [6.07, 6.45) is 0. The molecular weight excluding hydrogens is 198 g/mol. The predicted octanol–water partition coefficient (Wildman–Crippen LogP) is 0.480. The fraction of sp³-hybridized carbons (Fsp3) is 0. The SMILES string of the molecule is O=[AsH2]c1ccc(Cl)cc1. The second kappa shape index (κ2) is 3.14. The first kappa shape index (κ1) is 6.98. The van der Waals surface area contributed by atoms with Gasteiger partial charge in [0.15, 0.2) is 0 Å². The average molecular weight is 204 g/mol. The minimum atomic E-state index is -1.37. The van der Waals surface area contributed by atoms with Crippen LogP contribution in [0.25, 0.3) is 0 Å². The molecule has 0 aliphatic heterocycles. The number of hydrogen-bond donors (Lipinski definition) is 0. The van der Waals surface area contributed by atoms with Gasteiger partial charge >= 0.3 is 64.7 Å². The van der Waals surface area contributed by atoms with Crippen LogP contribution in [0.2, 0.25) is 5.02 Å². The van der Waals surface area contributed by atoms with E-state index >= 15 is 0 Å². The first-order valence-electron chi connectivity index (χ1n) is 2.53. The molecule has 0 fully saturated rings. The van der Waals surface area contributed by atoms with E-state index < -0.39 is 15.7 Å². The molecule has 1 aromatic rings. The molecule has 0 saturated carbocycles. The zero-order valence-electron chi connectivity index (χ0n) is 4.67. The van der Waals surface area contributed by atoms with Crippen LogP contribution in [0.1, 0.15) is 0 Å². The molecule has 0 radical (unpaired) electrons. The first-order valence-corrected chi connectivity index (χ1v) is 5.11. The van der Waals surface area contributed by atoms with Gasteiger partial charge in [0.1, 0.15) is 0 Å². The van der Waals surface area contributed by atoms with E-state index in [0.29, 0.717) is 5.02 Å². The minimum absolute atomic E-state index is 0.698. The van der Waals surface area contributed by atoms with Gasteiger partial charge in [-0.25, -0.2) is 0 Å². The molecule has 0 aromatic heterocycles. The first-order chi connectivity index (χ1) is 4.33. The van der Waals surface area contributed by atoms with E-state index in [1.165, 1.54) is 0 Å². The zero-order chi connectivity index (χ0) is 6.69. The van der Waals surface area contributed by atoms with Crippen molar-refractivity contribution in [1.82, 2.24) is 0 Å². The molecule has 0 aliphatic rings. The summed E-state index contributed by atoms with van der Waals surface area (Å²) < 4.78 is 11.3. The Morgan fingerprint density at radius 1 is 1.22 bits per heavy atom. The molecule has 0 heterocycles. The van der Waals surface area contributed by atoms with Gasteiger partial charge in [-0.05, 0) is 0 Å². The van der Waals surface area contributed by atoms with Gasteiger partial charge in [0.25, 0.3) is 0 Å². The monoisotopic (exact) mass is 204 g/mol. The van der Waals surface area contributed by atoms with Crippen molar-refractivity contribution in [1.29, 1.82) is 0 Å². The van der Waals surface area contributed by atoms with Crippen LogP contribution in [-0.2, 0) is 3.74 Å². The molecule has 3 heteroatoms. The van der Waals surface area contributed by atoms with Crippen molar-refractivity contribution in [2.24, 2.45) is 0 Å². The molecule has 0 aliphatic carbocycles. The van der Waals surface area contributed by atoms with E-state index in [1.807, 2.05) is 0 Å². The van der Waals surface area contributed by atoms with E-state index in [9.17, 15) is 3.74 Å². The van der Waals surface area contributed by atoms with Crippen molar-refractivity contribution in [3.8, 4) is 0 Å². The number of rotatable bonds is 1. The molecule has 1 unspecified atom stereocenters. The summed E-state index contributed by atoms with van der Waals surface area (Å²) in [5.74, 6) is 0. The third-order valence-corrected chi connectivity index (χ3v) is 2.64. The second-order valence-corrected chi connectivity index (χ2v) is 4.00. The Hall–Kier alpha value is -0.132. The molecule has 0 spiro atoms. The normalized spacial score (nSPS) is 10.8. The molecule has 0 bridgehead atoms. The maximum absolute atomic E-state index is 10.4. The maximum atomic E-state index is 10.4. The number of benzene rings is 1. The van der Waals surface area contributed by atoms with Gasteiger partial charge in [0.05, 0.1) is 0 Å². The van der Waals surface area contributed by atoms with Gasteiger partial charge in [-0.3, -0.25) is 0 Å². The third kappa shape index (κ3) is 1.92. The molecule has 0 N–H and O–H groups in total. The van der Waals surface area contributed by atoms with Crippen LogP contribution in [0.3, 0.4) is 0 Å². The van der Waals surface area contributed by atoms with Crippen LogP contribution < -0.4 is 4.35 Å². The third-order valence-electron chi connectivity index (χ3n) is 1.01. The van der Waals surface area contributed by atoms with Crippen molar-refractivity contribution < 1.29 is 3.74 Å². The number of halogens is 1. The van der Waals surface area contributed by atoms with Gasteiger partial charge in [0, 0.05) is 0 Å². The van der Waals surface area contributed by atoms with Gasteiger partial charge in [-0.2, -0.15) is 0 Å². The summed E-state index contributed by atoms with van der Waals surface area (Å²) in [7, 11) is 0. The molecule has 48 valence electrons. The molecule has 0 saturated heterocycles. The summed E-state index contributed by atoms with van der Waals surface area (Å²) >= 11 is 4.22. The predicted molar refractivity (Wildman–Crippen MR) is 40.3 cm³/mol. The Labute approximate surface area is 64.9 Å². The standard InChI is InChI=1S/C6H6AsClO/c8-6-3-1-5(7-9)2-4-6/h1-4H,7H2. The number of hydrogen-bond acceptors (Lipinski definition) is 1. The molecule has 1 nitrogen and oxygen atoms in total. The quantitative estimate of drug-likeness (QED) is 0.608. The molecule has 9 heavy (non-hydrogen) atoms. The van der Waals surface area contributed by atoms with Gasteiger partial charge in [-0.1, -0.05) is 0 Å². The van der Waals surface area contributed by atoms with Gasteiger partial charge < -0.3 is 0 Å². The topological polar surface area (TPSA) is 17.1 Å².